The quantitative estimate of drug-likeness (QED) is 0.153. The van der Waals surface area contributed by atoms with Gasteiger partial charge in [0, 0.05) is 13.1 Å². The van der Waals surface area contributed by atoms with Gasteiger partial charge in [-0.05, 0) is 12.8 Å². The summed E-state index contributed by atoms with van der Waals surface area (Å²) in [5.74, 6) is -32.9. The first-order valence-electron chi connectivity index (χ1n) is 9.78. The second-order valence-corrected chi connectivity index (χ2v) is 10.5. The molecular formula is C16H18F18NOP. The predicted molar refractivity (Wildman–Crippen MR) is 90.8 cm³/mol. The fraction of sp³-hybridized carbons (Fsp3) is 1.00. The van der Waals surface area contributed by atoms with E-state index in [4.69, 9.17) is 0 Å². The Morgan fingerprint density at radius 3 is 0.919 bits per heavy atom. The average Bonchev–Trinajstić information content (AvgIpc) is 2.70. The number of rotatable bonds is 13. The molecule has 0 aromatic heterocycles. The summed E-state index contributed by atoms with van der Waals surface area (Å²) in [4.78, 5) is 0. The zero-order valence-corrected chi connectivity index (χ0v) is 19.2. The lowest BCUT2D eigenvalue weighted by Crippen LogP contribution is -2.67. The minimum atomic E-state index is -9.16. The Morgan fingerprint density at radius 2 is 0.730 bits per heavy atom. The van der Waals surface area contributed by atoms with Crippen LogP contribution in [-0.2, 0) is 4.57 Å². The standard InChI is InChI=1S/C16H18F18NOP/c1-3-5-7-35(8-6-4-2)37(36,15(31,32)11(21,22)9(17,18)13(25,26)27)16(33,34)12(23,24)10(19,20)14(28,29)30/h3-8H2,1-2H3. The van der Waals surface area contributed by atoms with Gasteiger partial charge in [-0.2, -0.15) is 79.0 Å². The molecule has 0 unspecified atom stereocenters. The fourth-order valence-corrected chi connectivity index (χ4v) is 5.67. The highest BCUT2D eigenvalue weighted by atomic mass is 31.2. The van der Waals surface area contributed by atoms with Gasteiger partial charge in [-0.3, -0.25) is 4.57 Å². The van der Waals surface area contributed by atoms with Crippen LogP contribution in [0.3, 0.4) is 0 Å². The Hall–Kier alpha value is -1.07. The Bertz CT molecular complexity index is 756. The number of hydrogen-bond acceptors (Lipinski definition) is 1. The van der Waals surface area contributed by atoms with Crippen LogP contribution in [0.25, 0.3) is 0 Å². The maximum Gasteiger partial charge on any atom is 0.460 e. The topological polar surface area (TPSA) is 20.3 Å². The van der Waals surface area contributed by atoms with E-state index in [1.807, 2.05) is 0 Å². The van der Waals surface area contributed by atoms with Gasteiger partial charge in [0.25, 0.3) is 7.29 Å². The molecule has 0 amide bonds. The molecule has 0 aliphatic rings. The van der Waals surface area contributed by atoms with Gasteiger partial charge >= 0.3 is 47.4 Å². The van der Waals surface area contributed by atoms with Crippen molar-refractivity contribution in [3.8, 4) is 0 Å². The number of nitrogens with zero attached hydrogens (tertiary/aromatic N) is 1. The van der Waals surface area contributed by atoms with Gasteiger partial charge in [0.05, 0.1) is 0 Å². The maximum atomic E-state index is 14.7. The zero-order valence-electron chi connectivity index (χ0n) is 18.3. The molecule has 0 N–H and O–H groups in total. The van der Waals surface area contributed by atoms with Crippen LogP contribution in [0, 0.1) is 0 Å². The SMILES string of the molecule is CCCCN(CCCC)P(=O)(C(F)(F)C(F)(F)C(F)(F)C(F)(F)F)C(F)(F)C(F)(F)C(F)(F)C(F)(F)F. The lowest BCUT2D eigenvalue weighted by Gasteiger charge is -2.47. The molecule has 2 nitrogen and oxygen atoms in total. The molecular weight excluding hydrogens is 595 g/mol. The molecule has 0 rings (SSSR count). The molecule has 224 valence electrons. The van der Waals surface area contributed by atoms with E-state index in [1.54, 1.807) is 0 Å². The van der Waals surface area contributed by atoms with Crippen molar-refractivity contribution in [1.29, 1.82) is 0 Å². The second kappa shape index (κ2) is 10.5. The Labute approximate surface area is 196 Å². The van der Waals surface area contributed by atoms with Crippen LogP contribution < -0.4 is 0 Å². The molecule has 0 bridgehead atoms. The van der Waals surface area contributed by atoms with Gasteiger partial charge in [-0.15, -0.1) is 0 Å². The van der Waals surface area contributed by atoms with E-state index in [0.29, 0.717) is 0 Å². The van der Waals surface area contributed by atoms with Crippen LogP contribution in [0.5, 0.6) is 0 Å². The van der Waals surface area contributed by atoms with Gasteiger partial charge in [0.15, 0.2) is 0 Å². The molecule has 0 fully saturated rings. The van der Waals surface area contributed by atoms with Crippen LogP contribution in [0.2, 0.25) is 0 Å². The molecule has 0 heterocycles. The van der Waals surface area contributed by atoms with Crippen LogP contribution >= 0.6 is 7.29 Å². The first-order chi connectivity index (χ1) is 16.0. The summed E-state index contributed by atoms with van der Waals surface area (Å²) in [5.41, 5.74) is -16.3. The van der Waals surface area contributed by atoms with Crippen molar-refractivity contribution in [3.63, 3.8) is 0 Å². The van der Waals surface area contributed by atoms with E-state index in [-0.39, 0.29) is 0 Å². The smallest absolute Gasteiger partial charge is 0.293 e. The van der Waals surface area contributed by atoms with Crippen LogP contribution in [0.4, 0.5) is 79.0 Å². The highest BCUT2D eigenvalue weighted by Crippen LogP contribution is 2.81. The molecule has 0 saturated carbocycles. The lowest BCUT2D eigenvalue weighted by molar-refractivity contribution is -0.391. The molecule has 37 heavy (non-hydrogen) atoms. The molecule has 0 aromatic rings. The molecule has 0 saturated heterocycles. The van der Waals surface area contributed by atoms with Crippen molar-refractivity contribution in [2.45, 2.75) is 86.9 Å². The number of unbranched alkanes of at least 4 members (excludes halogenated alkanes) is 2. The van der Waals surface area contributed by atoms with Gasteiger partial charge in [0.2, 0.25) is 0 Å². The largest absolute Gasteiger partial charge is 0.460 e. The molecule has 0 atom stereocenters. The van der Waals surface area contributed by atoms with E-state index in [1.165, 1.54) is 0 Å². The van der Waals surface area contributed by atoms with E-state index in [9.17, 15) is 83.6 Å². The second-order valence-electron chi connectivity index (χ2n) is 7.61. The van der Waals surface area contributed by atoms with Crippen molar-refractivity contribution in [1.82, 2.24) is 4.67 Å². The number of alkyl halides is 18. The van der Waals surface area contributed by atoms with Crippen molar-refractivity contribution in [3.05, 3.63) is 0 Å². The Morgan fingerprint density at radius 1 is 0.486 bits per heavy atom. The Balaban J connectivity index is 7.81. The van der Waals surface area contributed by atoms with E-state index in [0.717, 1.165) is 13.8 Å². The first-order valence-corrected chi connectivity index (χ1v) is 11.4. The van der Waals surface area contributed by atoms with Gasteiger partial charge in [0.1, 0.15) is 0 Å². The van der Waals surface area contributed by atoms with Gasteiger partial charge in [-0.25, -0.2) is 4.67 Å². The average molecular weight is 613 g/mol. The number of hydrogen-bond donors (Lipinski definition) is 0. The molecule has 0 aliphatic heterocycles. The molecule has 0 aliphatic carbocycles. The first kappa shape index (κ1) is 35.9. The van der Waals surface area contributed by atoms with Gasteiger partial charge < -0.3 is 0 Å². The summed E-state index contributed by atoms with van der Waals surface area (Å²) in [6, 6.07) is 0. The fourth-order valence-electron chi connectivity index (χ4n) is 2.72. The highest BCUT2D eigenvalue weighted by Gasteiger charge is 2.95. The van der Waals surface area contributed by atoms with Crippen LogP contribution in [0.15, 0.2) is 0 Å². The third kappa shape index (κ3) is 5.25. The summed E-state index contributed by atoms with van der Waals surface area (Å²) in [6.07, 6.45) is -18.1. The van der Waals surface area contributed by atoms with Crippen molar-refractivity contribution in [2.75, 3.05) is 13.1 Å². The van der Waals surface area contributed by atoms with Crippen molar-refractivity contribution < 1.29 is 83.6 Å². The molecule has 21 heteroatoms. The highest BCUT2D eigenvalue weighted by molar-refractivity contribution is 7.64. The third-order valence-electron chi connectivity index (χ3n) is 4.96. The minimum absolute atomic E-state index is 0.399. The van der Waals surface area contributed by atoms with Gasteiger partial charge in [-0.1, -0.05) is 26.7 Å². The van der Waals surface area contributed by atoms with Crippen LogP contribution in [-0.4, -0.2) is 65.1 Å². The molecule has 0 aromatic carbocycles. The predicted octanol–water partition coefficient (Wildman–Crippen LogP) is 9.02. The lowest BCUT2D eigenvalue weighted by atomic mass is 10.1. The number of halogens is 18. The Kier molecular flexibility index (Phi) is 10.2. The maximum absolute atomic E-state index is 14.7. The molecule has 0 spiro atoms. The van der Waals surface area contributed by atoms with Crippen molar-refractivity contribution in [2.24, 2.45) is 0 Å². The monoisotopic (exact) mass is 613 g/mol. The van der Waals surface area contributed by atoms with E-state index in [2.05, 4.69) is 0 Å². The minimum Gasteiger partial charge on any atom is -0.293 e. The summed E-state index contributed by atoms with van der Waals surface area (Å²) < 4.78 is 255. The summed E-state index contributed by atoms with van der Waals surface area (Å²) >= 11 is 0. The molecule has 0 radical (unpaired) electrons. The normalized spacial score (nSPS) is 16.0. The van der Waals surface area contributed by atoms with Crippen molar-refractivity contribution >= 4 is 7.29 Å². The summed E-state index contributed by atoms with van der Waals surface area (Å²) in [7, 11) is -9.16. The van der Waals surface area contributed by atoms with Crippen LogP contribution in [0.1, 0.15) is 39.5 Å². The van der Waals surface area contributed by atoms with E-state index < -0.39 is 98.1 Å². The summed E-state index contributed by atoms with van der Waals surface area (Å²) in [5, 5.41) is 0. The third-order valence-corrected chi connectivity index (χ3v) is 8.24. The van der Waals surface area contributed by atoms with E-state index >= 15 is 0 Å². The summed E-state index contributed by atoms with van der Waals surface area (Å²) in [6.45, 7) is -1.42. The zero-order chi connectivity index (χ0) is 30.3.